The summed E-state index contributed by atoms with van der Waals surface area (Å²) in [5.74, 6) is -0.758. The highest BCUT2D eigenvalue weighted by Crippen LogP contribution is 2.24. The van der Waals surface area contributed by atoms with Crippen molar-refractivity contribution in [2.24, 2.45) is 0 Å². The van der Waals surface area contributed by atoms with Crippen molar-refractivity contribution in [1.29, 1.82) is 0 Å². The molecule has 0 aromatic rings. The number of amides is 1. The lowest BCUT2D eigenvalue weighted by atomic mass is 9.99. The van der Waals surface area contributed by atoms with E-state index in [1.807, 2.05) is 0 Å². The highest BCUT2D eigenvalue weighted by atomic mass is 16.7. The van der Waals surface area contributed by atoms with Crippen LogP contribution in [0.2, 0.25) is 0 Å². The van der Waals surface area contributed by atoms with Crippen LogP contribution >= 0.6 is 0 Å². The van der Waals surface area contributed by atoms with E-state index >= 15 is 0 Å². The lowest BCUT2D eigenvalue weighted by Crippen LogP contribution is -2.61. The number of allylic oxidation sites excluding steroid dienone is 2. The number of aliphatic hydroxyl groups is 7. The number of aliphatic hydroxyl groups excluding tert-OH is 7. The van der Waals surface area contributed by atoms with Gasteiger partial charge in [-0.2, -0.15) is 0 Å². The molecule has 0 bridgehead atoms. The normalized spacial score (nSPS) is 23.4. The third-order valence-corrected chi connectivity index (χ3v) is 10.0. The molecule has 0 aliphatic carbocycles. The molecular weight excluding hydrogens is 654 g/mol. The number of unbranched alkanes of at least 4 members (excludes halogenated alkanes) is 20. The van der Waals surface area contributed by atoms with Gasteiger partial charge < -0.3 is 50.5 Å². The lowest BCUT2D eigenvalue weighted by molar-refractivity contribution is -0.336. The molecule has 1 aliphatic heterocycles. The Labute approximate surface area is 309 Å². The van der Waals surface area contributed by atoms with Gasteiger partial charge in [-0.15, -0.1) is 0 Å². The summed E-state index contributed by atoms with van der Waals surface area (Å²) in [7, 11) is 0. The summed E-state index contributed by atoms with van der Waals surface area (Å²) in [4.78, 5) is 13.0. The third-order valence-electron chi connectivity index (χ3n) is 10.0. The highest BCUT2D eigenvalue weighted by Gasteiger charge is 2.46. The molecule has 1 fully saturated rings. The Bertz CT molecular complexity index is 846. The molecule has 0 radical (unpaired) electrons. The van der Waals surface area contributed by atoms with Gasteiger partial charge in [0.1, 0.15) is 36.6 Å². The second-order valence-corrected chi connectivity index (χ2v) is 14.7. The zero-order valence-corrected chi connectivity index (χ0v) is 32.1. The van der Waals surface area contributed by atoms with Gasteiger partial charge in [0.25, 0.3) is 0 Å². The van der Waals surface area contributed by atoms with E-state index in [1.165, 1.54) is 96.3 Å². The van der Waals surface area contributed by atoms with E-state index in [1.54, 1.807) is 0 Å². The van der Waals surface area contributed by atoms with E-state index in [9.17, 15) is 40.5 Å². The molecular formula is C40H77NO10. The topological polar surface area (TPSA) is 189 Å². The van der Waals surface area contributed by atoms with Crippen LogP contribution in [0.15, 0.2) is 12.2 Å². The van der Waals surface area contributed by atoms with Crippen molar-refractivity contribution in [2.45, 2.75) is 230 Å². The fourth-order valence-corrected chi connectivity index (χ4v) is 6.58. The lowest BCUT2D eigenvalue weighted by Gasteiger charge is -2.41. The molecule has 0 saturated carbocycles. The van der Waals surface area contributed by atoms with Crippen molar-refractivity contribution in [2.75, 3.05) is 6.61 Å². The quantitative estimate of drug-likeness (QED) is 0.0237. The van der Waals surface area contributed by atoms with Gasteiger partial charge in [0, 0.05) is 0 Å². The Morgan fingerprint density at radius 2 is 1.10 bits per heavy atom. The van der Waals surface area contributed by atoms with Crippen LogP contribution in [-0.2, 0) is 14.3 Å². The number of nitrogens with one attached hydrogen (secondary N) is 1. The molecule has 1 rings (SSSR count). The SMILES string of the molecule is CCCCCCCCC/C=C/CCCC[C@@H](O)[C@H](NC(=O)[C@H](O)CCCCCCCCCCCCCC)C(O)O[C@@H]1O[C@H](CO)[C@@H](O)[C@H](O)[C@H]1O. The van der Waals surface area contributed by atoms with Gasteiger partial charge in [0.15, 0.2) is 12.6 Å². The molecule has 0 spiro atoms. The summed E-state index contributed by atoms with van der Waals surface area (Å²) in [6.45, 7) is 3.77. The molecule has 0 aromatic heterocycles. The van der Waals surface area contributed by atoms with E-state index < -0.39 is 67.8 Å². The maximum Gasteiger partial charge on any atom is 0.249 e. The van der Waals surface area contributed by atoms with Gasteiger partial charge in [-0.3, -0.25) is 4.79 Å². The maximum absolute atomic E-state index is 13.0. The number of rotatable bonds is 33. The fourth-order valence-electron chi connectivity index (χ4n) is 6.58. The molecule has 302 valence electrons. The standard InChI is InChI=1S/C40H77NO10/c1-3-5-7-9-11-13-15-17-19-20-22-24-26-28-31(43)34(39(49)51-40-37(47)36(46)35(45)33(30-42)50-40)41-38(48)32(44)29-27-25-23-21-18-16-14-12-10-8-6-4-2/h19-20,31-37,39-40,42-47,49H,3-18,21-30H2,1-2H3,(H,41,48)/b20-19+/t31-,32-,33-,34+,35-,36+,37-,39?,40+/m1/s1. The first-order valence-corrected chi connectivity index (χ1v) is 20.6. The Balaban J connectivity index is 2.57. The summed E-state index contributed by atoms with van der Waals surface area (Å²) < 4.78 is 10.8. The second kappa shape index (κ2) is 31.2. The van der Waals surface area contributed by atoms with Crippen LogP contribution in [0, 0.1) is 0 Å². The zero-order valence-electron chi connectivity index (χ0n) is 32.1. The first kappa shape index (κ1) is 47.9. The Morgan fingerprint density at radius 1 is 0.647 bits per heavy atom. The molecule has 51 heavy (non-hydrogen) atoms. The summed E-state index contributed by atoms with van der Waals surface area (Å²) in [6, 6.07) is -1.38. The van der Waals surface area contributed by atoms with Crippen LogP contribution in [0.1, 0.15) is 174 Å². The van der Waals surface area contributed by atoms with Crippen molar-refractivity contribution >= 4 is 5.91 Å². The summed E-state index contributed by atoms with van der Waals surface area (Å²) in [5, 5.41) is 75.3. The minimum absolute atomic E-state index is 0.223. The van der Waals surface area contributed by atoms with Crippen LogP contribution in [0.5, 0.6) is 0 Å². The number of carbonyl (C=O) groups is 1. The second-order valence-electron chi connectivity index (χ2n) is 14.7. The third kappa shape index (κ3) is 22.0. The van der Waals surface area contributed by atoms with Crippen molar-refractivity contribution in [3.05, 3.63) is 12.2 Å². The van der Waals surface area contributed by atoms with Gasteiger partial charge in [-0.05, 0) is 38.5 Å². The van der Waals surface area contributed by atoms with Gasteiger partial charge in [0.2, 0.25) is 5.91 Å². The molecule has 9 atom stereocenters. The van der Waals surface area contributed by atoms with E-state index in [2.05, 4.69) is 31.3 Å². The zero-order chi connectivity index (χ0) is 37.7. The Morgan fingerprint density at radius 3 is 1.61 bits per heavy atom. The maximum atomic E-state index is 13.0. The van der Waals surface area contributed by atoms with Gasteiger partial charge >= 0.3 is 0 Å². The van der Waals surface area contributed by atoms with E-state index in [-0.39, 0.29) is 12.8 Å². The first-order chi connectivity index (χ1) is 24.7. The van der Waals surface area contributed by atoms with Crippen molar-refractivity contribution < 1.29 is 50.0 Å². The predicted octanol–water partition coefficient (Wildman–Crippen LogP) is 5.68. The molecule has 1 amide bonds. The summed E-state index contributed by atoms with van der Waals surface area (Å²) >= 11 is 0. The van der Waals surface area contributed by atoms with Gasteiger partial charge in [-0.25, -0.2) is 0 Å². The molecule has 1 saturated heterocycles. The molecule has 11 nitrogen and oxygen atoms in total. The summed E-state index contributed by atoms with van der Waals surface area (Å²) in [6.07, 6.45) is 18.4. The van der Waals surface area contributed by atoms with Crippen LogP contribution in [-0.4, -0.2) is 104 Å². The number of hydrogen-bond donors (Lipinski definition) is 8. The molecule has 8 N–H and O–H groups in total. The van der Waals surface area contributed by atoms with Crippen LogP contribution < -0.4 is 5.32 Å². The minimum atomic E-state index is -1.90. The molecule has 0 aromatic carbocycles. The number of ether oxygens (including phenoxy) is 2. The molecule has 1 heterocycles. The first-order valence-electron chi connectivity index (χ1n) is 20.6. The minimum Gasteiger partial charge on any atom is -0.394 e. The van der Waals surface area contributed by atoms with Crippen LogP contribution in [0.25, 0.3) is 0 Å². The van der Waals surface area contributed by atoms with E-state index in [0.29, 0.717) is 12.8 Å². The van der Waals surface area contributed by atoms with Gasteiger partial charge in [-0.1, -0.05) is 148 Å². The monoisotopic (exact) mass is 732 g/mol. The Hall–Kier alpha value is -1.15. The van der Waals surface area contributed by atoms with E-state index in [4.69, 9.17) is 9.47 Å². The van der Waals surface area contributed by atoms with Crippen molar-refractivity contribution in [1.82, 2.24) is 5.32 Å². The molecule has 11 heteroatoms. The van der Waals surface area contributed by atoms with Crippen molar-refractivity contribution in [3.63, 3.8) is 0 Å². The molecule has 1 unspecified atom stereocenters. The van der Waals surface area contributed by atoms with Gasteiger partial charge in [0.05, 0.1) is 12.7 Å². The number of carbonyl (C=O) groups excluding carboxylic acids is 1. The average Bonchev–Trinajstić information content (AvgIpc) is 3.12. The average molecular weight is 732 g/mol. The smallest absolute Gasteiger partial charge is 0.249 e. The predicted molar refractivity (Wildman–Crippen MR) is 201 cm³/mol. The fraction of sp³-hybridized carbons (Fsp3) is 0.925. The van der Waals surface area contributed by atoms with Crippen LogP contribution in [0.3, 0.4) is 0 Å². The Kier molecular flexibility index (Phi) is 29.3. The van der Waals surface area contributed by atoms with E-state index in [0.717, 1.165) is 38.5 Å². The number of hydrogen-bond acceptors (Lipinski definition) is 10. The van der Waals surface area contributed by atoms with Crippen LogP contribution in [0.4, 0.5) is 0 Å². The summed E-state index contributed by atoms with van der Waals surface area (Å²) in [5.41, 5.74) is 0. The largest absolute Gasteiger partial charge is 0.394 e. The molecule has 1 aliphatic rings. The van der Waals surface area contributed by atoms with Crippen molar-refractivity contribution in [3.8, 4) is 0 Å². The highest BCUT2D eigenvalue weighted by molar-refractivity contribution is 5.80.